The molecule has 0 saturated carbocycles. The molecule has 25 heavy (non-hydrogen) atoms. The predicted molar refractivity (Wildman–Crippen MR) is 92.5 cm³/mol. The van der Waals surface area contributed by atoms with Crippen LogP contribution < -0.4 is 5.32 Å². The number of anilines is 1. The lowest BCUT2D eigenvalue weighted by Crippen LogP contribution is -2.12. The molecule has 0 spiro atoms. The normalized spacial score (nSPS) is 10.6. The lowest BCUT2D eigenvalue weighted by molar-refractivity contribution is 0.102. The third-order valence-corrected chi connectivity index (χ3v) is 4.18. The fourth-order valence-corrected chi connectivity index (χ4v) is 2.88. The van der Waals surface area contributed by atoms with E-state index in [1.54, 1.807) is 35.4 Å². The maximum atomic E-state index is 12.4. The van der Waals surface area contributed by atoms with Gasteiger partial charge in [-0.2, -0.15) is 5.10 Å². The molecule has 3 aromatic heterocycles. The summed E-state index contributed by atoms with van der Waals surface area (Å²) in [5.41, 5.74) is 1.95. The molecule has 0 aliphatic rings. The molecule has 0 unspecified atom stereocenters. The largest absolute Gasteiger partial charge is 0.296 e. The second kappa shape index (κ2) is 6.57. The Morgan fingerprint density at radius 2 is 2.08 bits per heavy atom. The molecule has 1 amide bonds. The van der Waals surface area contributed by atoms with Crippen LogP contribution in [0.25, 0.3) is 16.4 Å². The molecule has 0 aliphatic carbocycles. The molecule has 122 valence electrons. The Labute approximate surface area is 146 Å². The highest BCUT2D eigenvalue weighted by atomic mass is 32.1. The Bertz CT molecular complexity index is 998. The van der Waals surface area contributed by atoms with Crippen LogP contribution in [0.15, 0.2) is 61.3 Å². The number of hydrogen-bond donors (Lipinski definition) is 1. The highest BCUT2D eigenvalue weighted by Gasteiger charge is 2.12. The van der Waals surface area contributed by atoms with E-state index >= 15 is 0 Å². The minimum absolute atomic E-state index is 0.273. The lowest BCUT2D eigenvalue weighted by atomic mass is 10.2. The highest BCUT2D eigenvalue weighted by molar-refractivity contribution is 7.18. The predicted octanol–water partition coefficient (Wildman–Crippen LogP) is 2.43. The van der Waals surface area contributed by atoms with E-state index in [4.69, 9.17) is 0 Å². The smallest absolute Gasteiger partial charge is 0.257 e. The summed E-state index contributed by atoms with van der Waals surface area (Å²) in [7, 11) is 0. The summed E-state index contributed by atoms with van der Waals surface area (Å²) in [6.07, 6.45) is 4.69. The van der Waals surface area contributed by atoms with Gasteiger partial charge in [0.15, 0.2) is 5.01 Å². The topological polar surface area (TPSA) is 98.5 Å². The van der Waals surface area contributed by atoms with E-state index in [0.29, 0.717) is 21.4 Å². The molecule has 3 heterocycles. The third kappa shape index (κ3) is 3.26. The van der Waals surface area contributed by atoms with Gasteiger partial charge in [0.05, 0.1) is 5.69 Å². The first-order valence-corrected chi connectivity index (χ1v) is 8.12. The van der Waals surface area contributed by atoms with Crippen LogP contribution in [0.3, 0.4) is 0 Å². The molecule has 8 nitrogen and oxygen atoms in total. The van der Waals surface area contributed by atoms with Crippen molar-refractivity contribution in [2.45, 2.75) is 0 Å². The quantitative estimate of drug-likeness (QED) is 0.607. The van der Waals surface area contributed by atoms with Crippen LogP contribution >= 0.6 is 11.3 Å². The van der Waals surface area contributed by atoms with Gasteiger partial charge in [-0.15, -0.1) is 10.2 Å². The number of rotatable bonds is 4. The molecule has 1 N–H and O–H groups in total. The summed E-state index contributed by atoms with van der Waals surface area (Å²) in [4.78, 5) is 20.6. The number of nitrogens with zero attached hydrogens (tertiary/aromatic N) is 6. The Morgan fingerprint density at radius 1 is 1.12 bits per heavy atom. The molecule has 4 aromatic rings. The van der Waals surface area contributed by atoms with Crippen LogP contribution in [0.2, 0.25) is 0 Å². The van der Waals surface area contributed by atoms with E-state index in [-0.39, 0.29) is 5.91 Å². The molecule has 0 atom stereocenters. The van der Waals surface area contributed by atoms with Crippen molar-refractivity contribution in [3.63, 3.8) is 0 Å². The van der Waals surface area contributed by atoms with Gasteiger partial charge < -0.3 is 0 Å². The zero-order valence-electron chi connectivity index (χ0n) is 12.8. The summed E-state index contributed by atoms with van der Waals surface area (Å²) >= 11 is 1.27. The van der Waals surface area contributed by atoms with Crippen LogP contribution in [-0.4, -0.2) is 35.9 Å². The van der Waals surface area contributed by atoms with Crippen LogP contribution in [0.5, 0.6) is 0 Å². The summed E-state index contributed by atoms with van der Waals surface area (Å²) in [5, 5.41) is 15.9. The number of benzene rings is 1. The number of hydrogen-bond acceptors (Lipinski definition) is 7. The van der Waals surface area contributed by atoms with E-state index in [2.05, 4.69) is 30.6 Å². The second-order valence-electron chi connectivity index (χ2n) is 4.97. The molecule has 0 aliphatic heterocycles. The van der Waals surface area contributed by atoms with Gasteiger partial charge in [-0.3, -0.25) is 15.1 Å². The average Bonchev–Trinajstić information content (AvgIpc) is 3.35. The fourth-order valence-electron chi connectivity index (χ4n) is 2.17. The summed E-state index contributed by atoms with van der Waals surface area (Å²) < 4.78 is 1.58. The molecule has 4 rings (SSSR count). The zero-order valence-corrected chi connectivity index (χ0v) is 13.6. The Kier molecular flexibility index (Phi) is 3.97. The molecule has 9 heteroatoms. The summed E-state index contributed by atoms with van der Waals surface area (Å²) in [6, 6.07) is 12.6. The van der Waals surface area contributed by atoms with Gasteiger partial charge in [-0.25, -0.2) is 9.67 Å². The SMILES string of the molecule is O=C(Nc1nnc(-c2ccccn2)s1)c1cccc(-n2cncn2)c1. The van der Waals surface area contributed by atoms with Crippen molar-refractivity contribution in [2.75, 3.05) is 5.32 Å². The maximum absolute atomic E-state index is 12.4. The molecule has 0 radical (unpaired) electrons. The minimum atomic E-state index is -0.273. The Morgan fingerprint density at radius 3 is 2.88 bits per heavy atom. The number of amides is 1. The van der Waals surface area contributed by atoms with E-state index in [1.807, 2.05) is 24.3 Å². The summed E-state index contributed by atoms with van der Waals surface area (Å²) in [6.45, 7) is 0. The van der Waals surface area contributed by atoms with E-state index in [1.165, 1.54) is 17.7 Å². The monoisotopic (exact) mass is 349 g/mol. The van der Waals surface area contributed by atoms with E-state index in [0.717, 1.165) is 5.69 Å². The van der Waals surface area contributed by atoms with Crippen molar-refractivity contribution in [1.29, 1.82) is 0 Å². The highest BCUT2D eigenvalue weighted by Crippen LogP contribution is 2.24. The van der Waals surface area contributed by atoms with E-state index in [9.17, 15) is 4.79 Å². The van der Waals surface area contributed by atoms with Crippen molar-refractivity contribution in [3.8, 4) is 16.4 Å². The van der Waals surface area contributed by atoms with Crippen molar-refractivity contribution in [1.82, 2.24) is 29.9 Å². The van der Waals surface area contributed by atoms with Gasteiger partial charge >= 0.3 is 0 Å². The standard InChI is InChI=1S/C16H11N7OS/c24-14(11-4-3-5-12(8-11)23-10-17-9-19-23)20-16-22-21-15(25-16)13-6-1-2-7-18-13/h1-10H,(H,20,22,24). The first-order valence-electron chi connectivity index (χ1n) is 7.31. The number of aromatic nitrogens is 6. The van der Waals surface area contributed by atoms with Gasteiger partial charge in [0.1, 0.15) is 18.3 Å². The van der Waals surface area contributed by atoms with Crippen LogP contribution in [0.4, 0.5) is 5.13 Å². The Hall–Kier alpha value is -3.46. The molecule has 0 fully saturated rings. The first-order chi connectivity index (χ1) is 12.3. The van der Waals surface area contributed by atoms with Crippen LogP contribution in [-0.2, 0) is 0 Å². The first kappa shape index (κ1) is 15.1. The zero-order chi connectivity index (χ0) is 17.1. The number of carbonyl (C=O) groups excluding carboxylic acids is 1. The summed E-state index contributed by atoms with van der Waals surface area (Å²) in [5.74, 6) is -0.273. The van der Waals surface area contributed by atoms with Gasteiger partial charge in [-0.1, -0.05) is 23.5 Å². The Balaban J connectivity index is 1.53. The maximum Gasteiger partial charge on any atom is 0.257 e. The van der Waals surface area contributed by atoms with Gasteiger partial charge in [-0.05, 0) is 30.3 Å². The molecular weight excluding hydrogens is 338 g/mol. The van der Waals surface area contributed by atoms with Gasteiger partial charge in [0, 0.05) is 11.8 Å². The number of carbonyl (C=O) groups is 1. The minimum Gasteiger partial charge on any atom is -0.296 e. The fraction of sp³-hybridized carbons (Fsp3) is 0. The van der Waals surface area contributed by atoms with Crippen molar-refractivity contribution >= 4 is 22.4 Å². The average molecular weight is 349 g/mol. The van der Waals surface area contributed by atoms with Crippen LogP contribution in [0, 0.1) is 0 Å². The lowest BCUT2D eigenvalue weighted by Gasteiger charge is -2.04. The molecular formula is C16H11N7OS. The molecule has 0 bridgehead atoms. The van der Waals surface area contributed by atoms with Crippen LogP contribution in [0.1, 0.15) is 10.4 Å². The van der Waals surface area contributed by atoms with Gasteiger partial charge in [0.2, 0.25) is 5.13 Å². The second-order valence-corrected chi connectivity index (χ2v) is 5.95. The molecule has 0 saturated heterocycles. The third-order valence-electron chi connectivity index (χ3n) is 3.32. The van der Waals surface area contributed by atoms with E-state index < -0.39 is 0 Å². The molecule has 1 aromatic carbocycles. The van der Waals surface area contributed by atoms with Crippen molar-refractivity contribution < 1.29 is 4.79 Å². The van der Waals surface area contributed by atoms with Crippen molar-refractivity contribution in [2.24, 2.45) is 0 Å². The van der Waals surface area contributed by atoms with Crippen molar-refractivity contribution in [3.05, 3.63) is 66.9 Å². The van der Waals surface area contributed by atoms with Gasteiger partial charge in [0.25, 0.3) is 5.91 Å². The number of nitrogens with one attached hydrogen (secondary N) is 1. The number of pyridine rings is 1.